The van der Waals surface area contributed by atoms with Gasteiger partial charge < -0.3 is 5.32 Å². The first-order valence-electron chi connectivity index (χ1n) is 6.80. The van der Waals surface area contributed by atoms with E-state index in [0.717, 1.165) is 12.1 Å². The van der Waals surface area contributed by atoms with E-state index in [1.165, 1.54) is 12.1 Å². The molecule has 0 aromatic heterocycles. The first kappa shape index (κ1) is 18.5. The van der Waals surface area contributed by atoms with Crippen molar-refractivity contribution in [2.75, 3.05) is 11.1 Å². The third kappa shape index (κ3) is 5.65. The molecular weight excluding hydrogens is 363 g/mol. The van der Waals surface area contributed by atoms with Crippen molar-refractivity contribution in [3.8, 4) is 0 Å². The Balaban J connectivity index is 1.88. The molecular formula is C16H13ClF3NO2S. The molecule has 1 N–H and O–H groups in total. The Morgan fingerprint density at radius 1 is 1.04 bits per heavy atom. The Labute approximate surface area is 144 Å². The summed E-state index contributed by atoms with van der Waals surface area (Å²) in [6, 6.07) is 10.8. The van der Waals surface area contributed by atoms with Crippen molar-refractivity contribution in [3.05, 3.63) is 64.7 Å². The van der Waals surface area contributed by atoms with Crippen LogP contribution >= 0.6 is 11.6 Å². The highest BCUT2D eigenvalue weighted by Gasteiger charge is 2.29. The maximum Gasteiger partial charge on any atom is 0.416 e. The summed E-state index contributed by atoms with van der Waals surface area (Å²) in [4.78, 5) is 11.8. The van der Waals surface area contributed by atoms with Crippen LogP contribution in [0.25, 0.3) is 0 Å². The first-order valence-corrected chi connectivity index (χ1v) is 8.67. The Morgan fingerprint density at radius 3 is 2.17 bits per heavy atom. The number of hydrogen-bond donors (Lipinski definition) is 1. The normalized spacial score (nSPS) is 12.7. The number of carbonyl (C=O) groups is 1. The molecule has 8 heteroatoms. The van der Waals surface area contributed by atoms with Gasteiger partial charge in [-0.3, -0.25) is 9.00 Å². The van der Waals surface area contributed by atoms with Gasteiger partial charge in [0.2, 0.25) is 5.91 Å². The summed E-state index contributed by atoms with van der Waals surface area (Å²) in [6.45, 7) is 0. The van der Waals surface area contributed by atoms with Crippen molar-refractivity contribution in [1.29, 1.82) is 0 Å². The van der Waals surface area contributed by atoms with E-state index < -0.39 is 28.4 Å². The van der Waals surface area contributed by atoms with Gasteiger partial charge in [0.25, 0.3) is 0 Å². The molecule has 128 valence electrons. The number of anilines is 1. The van der Waals surface area contributed by atoms with Gasteiger partial charge in [0.1, 0.15) is 5.75 Å². The molecule has 24 heavy (non-hydrogen) atoms. The van der Waals surface area contributed by atoms with Crippen LogP contribution in [-0.2, 0) is 27.5 Å². The first-order chi connectivity index (χ1) is 11.2. The standard InChI is InChI=1S/C16H13ClF3NO2S/c17-13-5-7-14(8-6-13)21-15(22)10-24(23)9-11-1-3-12(4-2-11)16(18,19)20/h1-8H,9-10H2,(H,21,22). The van der Waals surface area contributed by atoms with Crippen molar-refractivity contribution in [1.82, 2.24) is 0 Å². The molecule has 0 radical (unpaired) electrons. The molecule has 0 bridgehead atoms. The zero-order valence-corrected chi connectivity index (χ0v) is 13.8. The fraction of sp³-hybridized carbons (Fsp3) is 0.188. The molecule has 0 aliphatic heterocycles. The molecule has 2 aromatic carbocycles. The lowest BCUT2D eigenvalue weighted by Gasteiger charge is -2.08. The summed E-state index contributed by atoms with van der Waals surface area (Å²) in [5.74, 6) is -0.682. The summed E-state index contributed by atoms with van der Waals surface area (Å²) in [6.07, 6.45) is -4.41. The topological polar surface area (TPSA) is 46.2 Å². The van der Waals surface area contributed by atoms with Crippen LogP contribution in [0.4, 0.5) is 18.9 Å². The quantitative estimate of drug-likeness (QED) is 0.849. The number of alkyl halides is 3. The van der Waals surface area contributed by atoms with E-state index in [4.69, 9.17) is 11.6 Å². The van der Waals surface area contributed by atoms with Gasteiger partial charge >= 0.3 is 6.18 Å². The minimum Gasteiger partial charge on any atom is -0.325 e. The highest BCUT2D eigenvalue weighted by atomic mass is 35.5. The second-order valence-corrected chi connectivity index (χ2v) is 6.87. The molecule has 0 saturated carbocycles. The van der Waals surface area contributed by atoms with Crippen LogP contribution in [0.3, 0.4) is 0 Å². The van der Waals surface area contributed by atoms with E-state index in [0.29, 0.717) is 16.3 Å². The van der Waals surface area contributed by atoms with Crippen LogP contribution < -0.4 is 5.32 Å². The summed E-state index contributed by atoms with van der Waals surface area (Å²) in [7, 11) is -1.53. The molecule has 1 amide bonds. The summed E-state index contributed by atoms with van der Waals surface area (Å²) in [5.41, 5.74) is 0.231. The van der Waals surface area contributed by atoms with Gasteiger partial charge in [-0.1, -0.05) is 23.7 Å². The Bertz CT molecular complexity index is 730. The number of nitrogens with one attached hydrogen (secondary N) is 1. The third-order valence-corrected chi connectivity index (χ3v) is 4.52. The van der Waals surface area contributed by atoms with Crippen LogP contribution in [0.5, 0.6) is 0 Å². The fourth-order valence-corrected chi connectivity index (χ4v) is 3.06. The van der Waals surface area contributed by atoms with E-state index in [1.807, 2.05) is 0 Å². The molecule has 1 unspecified atom stereocenters. The van der Waals surface area contributed by atoms with E-state index >= 15 is 0 Å². The Morgan fingerprint density at radius 2 is 1.62 bits per heavy atom. The fourth-order valence-electron chi connectivity index (χ4n) is 1.90. The van der Waals surface area contributed by atoms with Crippen molar-refractivity contribution < 1.29 is 22.2 Å². The predicted octanol–water partition coefficient (Wildman–Crippen LogP) is 4.25. The lowest BCUT2D eigenvalue weighted by atomic mass is 10.1. The van der Waals surface area contributed by atoms with Gasteiger partial charge in [-0.15, -0.1) is 0 Å². The highest BCUT2D eigenvalue weighted by Crippen LogP contribution is 2.29. The molecule has 0 saturated heterocycles. The SMILES string of the molecule is O=C(CS(=O)Cc1ccc(C(F)(F)F)cc1)Nc1ccc(Cl)cc1. The second-order valence-electron chi connectivity index (χ2n) is 4.98. The highest BCUT2D eigenvalue weighted by molar-refractivity contribution is 7.84. The van der Waals surface area contributed by atoms with Gasteiger partial charge in [-0.25, -0.2) is 0 Å². The van der Waals surface area contributed by atoms with Crippen molar-refractivity contribution in [2.45, 2.75) is 11.9 Å². The van der Waals surface area contributed by atoms with Crippen LogP contribution in [-0.4, -0.2) is 15.9 Å². The zero-order valence-electron chi connectivity index (χ0n) is 12.3. The van der Waals surface area contributed by atoms with Gasteiger partial charge in [-0.05, 0) is 42.0 Å². The number of amides is 1. The molecule has 2 rings (SSSR count). The van der Waals surface area contributed by atoms with Crippen LogP contribution in [0, 0.1) is 0 Å². The number of rotatable bonds is 5. The molecule has 0 heterocycles. The minimum atomic E-state index is -4.41. The summed E-state index contributed by atoms with van der Waals surface area (Å²) < 4.78 is 49.4. The molecule has 0 fully saturated rings. The zero-order chi connectivity index (χ0) is 17.7. The van der Waals surface area contributed by atoms with E-state index in [9.17, 15) is 22.2 Å². The molecule has 0 spiro atoms. The van der Waals surface area contributed by atoms with Gasteiger partial charge in [0.05, 0.1) is 5.56 Å². The van der Waals surface area contributed by atoms with Gasteiger partial charge in [-0.2, -0.15) is 13.2 Å². The van der Waals surface area contributed by atoms with Gasteiger partial charge in [0, 0.05) is 27.3 Å². The molecule has 0 aliphatic carbocycles. The lowest BCUT2D eigenvalue weighted by molar-refractivity contribution is -0.137. The van der Waals surface area contributed by atoms with Gasteiger partial charge in [0.15, 0.2) is 0 Å². The van der Waals surface area contributed by atoms with Crippen LogP contribution in [0.1, 0.15) is 11.1 Å². The van der Waals surface area contributed by atoms with Crippen molar-refractivity contribution in [3.63, 3.8) is 0 Å². The maximum atomic E-state index is 12.5. The largest absolute Gasteiger partial charge is 0.416 e. The predicted molar refractivity (Wildman–Crippen MR) is 88.2 cm³/mol. The molecule has 1 atom stereocenters. The monoisotopic (exact) mass is 375 g/mol. The molecule has 3 nitrogen and oxygen atoms in total. The van der Waals surface area contributed by atoms with E-state index in [2.05, 4.69) is 5.32 Å². The number of halogens is 4. The van der Waals surface area contributed by atoms with Crippen LogP contribution in [0.2, 0.25) is 5.02 Å². The number of carbonyl (C=O) groups excluding carboxylic acids is 1. The molecule has 2 aromatic rings. The van der Waals surface area contributed by atoms with Crippen molar-refractivity contribution >= 4 is 34.0 Å². The Kier molecular flexibility index (Phi) is 6.01. The Hall–Kier alpha value is -1.86. The van der Waals surface area contributed by atoms with Crippen molar-refractivity contribution in [2.24, 2.45) is 0 Å². The lowest BCUT2D eigenvalue weighted by Crippen LogP contribution is -2.20. The second kappa shape index (κ2) is 7.81. The minimum absolute atomic E-state index is 0.00613. The average molecular weight is 376 g/mol. The maximum absolute atomic E-state index is 12.5. The smallest absolute Gasteiger partial charge is 0.325 e. The number of benzene rings is 2. The van der Waals surface area contributed by atoms with Crippen LogP contribution in [0.15, 0.2) is 48.5 Å². The number of hydrogen-bond acceptors (Lipinski definition) is 2. The third-order valence-electron chi connectivity index (χ3n) is 3.03. The van der Waals surface area contributed by atoms with E-state index in [-0.39, 0.29) is 11.5 Å². The summed E-state index contributed by atoms with van der Waals surface area (Å²) >= 11 is 5.73. The van der Waals surface area contributed by atoms with E-state index in [1.54, 1.807) is 24.3 Å². The molecule has 0 aliphatic rings. The average Bonchev–Trinajstić information content (AvgIpc) is 2.49. The summed E-state index contributed by atoms with van der Waals surface area (Å²) in [5, 5.41) is 3.10.